The first-order valence-corrected chi connectivity index (χ1v) is 12.9. The Morgan fingerprint density at radius 2 is 1.82 bits per heavy atom. The van der Waals surface area contributed by atoms with Crippen LogP contribution in [-0.2, 0) is 16.9 Å². The molecule has 8 heteroatoms. The van der Waals surface area contributed by atoms with Gasteiger partial charge in [-0.1, -0.05) is 24.3 Å². The first-order valence-electron chi connectivity index (χ1n) is 12.9. The summed E-state index contributed by atoms with van der Waals surface area (Å²) in [6, 6.07) is 16.2. The molecule has 0 atom stereocenters. The van der Waals surface area contributed by atoms with E-state index in [1.807, 2.05) is 19.2 Å². The second-order valence-electron chi connectivity index (χ2n) is 10.5. The zero-order valence-corrected chi connectivity index (χ0v) is 22.6. The number of hydrogen-bond acceptors (Lipinski definition) is 6. The van der Waals surface area contributed by atoms with E-state index in [1.165, 1.54) is 17.1 Å². The average molecular weight is 520 g/mol. The van der Waals surface area contributed by atoms with Gasteiger partial charge in [0.2, 0.25) is 0 Å². The van der Waals surface area contributed by atoms with Gasteiger partial charge >= 0.3 is 0 Å². The first-order chi connectivity index (χ1) is 18.1. The number of nitrogens with zero attached hydrogens (tertiary/aromatic N) is 3. The number of aromatic nitrogens is 2. The molecular formula is C30H38FN5O2. The van der Waals surface area contributed by atoms with Crippen LogP contribution >= 0.6 is 0 Å². The molecule has 5 rings (SSSR count). The number of benzene rings is 2. The summed E-state index contributed by atoms with van der Waals surface area (Å²) in [7, 11) is 1.78. The summed E-state index contributed by atoms with van der Waals surface area (Å²) in [5, 5.41) is 13.1. The maximum atomic E-state index is 11.9. The van der Waals surface area contributed by atoms with E-state index < -0.39 is 5.60 Å². The van der Waals surface area contributed by atoms with Gasteiger partial charge in [0.15, 0.2) is 0 Å². The van der Waals surface area contributed by atoms with Crippen molar-refractivity contribution < 1.29 is 14.2 Å². The number of hydrazine groups is 1. The summed E-state index contributed by atoms with van der Waals surface area (Å²) >= 11 is 0. The van der Waals surface area contributed by atoms with E-state index in [0.29, 0.717) is 11.6 Å². The number of pyridine rings is 1. The van der Waals surface area contributed by atoms with Crippen LogP contribution in [0.3, 0.4) is 0 Å². The number of fused-ring (bicyclic) bond motifs is 3. The fourth-order valence-electron chi connectivity index (χ4n) is 4.98. The van der Waals surface area contributed by atoms with Gasteiger partial charge < -0.3 is 25.2 Å². The van der Waals surface area contributed by atoms with E-state index in [1.54, 1.807) is 39.1 Å². The van der Waals surface area contributed by atoms with Gasteiger partial charge in [-0.05, 0) is 75.4 Å². The van der Waals surface area contributed by atoms with Crippen molar-refractivity contribution in [3.05, 3.63) is 83.4 Å². The molecule has 2 aromatic carbocycles. The molecule has 0 saturated carbocycles. The summed E-state index contributed by atoms with van der Waals surface area (Å²) in [4.78, 5) is 4.83. The van der Waals surface area contributed by atoms with E-state index in [-0.39, 0.29) is 5.82 Å². The van der Waals surface area contributed by atoms with Crippen LogP contribution in [0.5, 0.6) is 0 Å². The Morgan fingerprint density at radius 3 is 2.37 bits per heavy atom. The minimum absolute atomic E-state index is 0.178. The fourth-order valence-corrected chi connectivity index (χ4v) is 4.98. The van der Waals surface area contributed by atoms with E-state index in [0.717, 1.165) is 71.4 Å². The van der Waals surface area contributed by atoms with Crippen molar-refractivity contribution in [1.82, 2.24) is 14.6 Å². The molecule has 0 bridgehead atoms. The number of rotatable bonds is 5. The van der Waals surface area contributed by atoms with Gasteiger partial charge in [0, 0.05) is 49.6 Å². The second-order valence-corrected chi connectivity index (χ2v) is 10.5. The van der Waals surface area contributed by atoms with Crippen LogP contribution in [0.25, 0.3) is 27.6 Å². The molecule has 7 nitrogen and oxygen atoms in total. The fraction of sp³-hybridized carbons (Fsp3) is 0.367. The number of ether oxygens (including phenoxy) is 1. The van der Waals surface area contributed by atoms with Crippen LogP contribution in [-0.4, -0.2) is 39.9 Å². The molecule has 1 saturated heterocycles. The maximum absolute atomic E-state index is 11.9. The van der Waals surface area contributed by atoms with Crippen molar-refractivity contribution in [2.75, 3.05) is 20.3 Å². The Kier molecular flexibility index (Phi) is 8.35. The van der Waals surface area contributed by atoms with Crippen LogP contribution in [0.1, 0.15) is 44.7 Å². The highest BCUT2D eigenvalue weighted by Gasteiger charge is 2.22. The van der Waals surface area contributed by atoms with E-state index in [2.05, 4.69) is 22.8 Å². The Morgan fingerprint density at radius 1 is 1.13 bits per heavy atom. The minimum atomic E-state index is -0.919. The lowest BCUT2D eigenvalue weighted by Crippen LogP contribution is -2.26. The van der Waals surface area contributed by atoms with Crippen molar-refractivity contribution in [2.45, 2.75) is 45.8 Å². The molecule has 3 heterocycles. The molecule has 0 aliphatic carbocycles. The molecule has 4 aromatic rings. The minimum Gasteiger partial charge on any atom is -0.401 e. The van der Waals surface area contributed by atoms with Crippen LogP contribution in [0.15, 0.2) is 66.5 Å². The highest BCUT2D eigenvalue weighted by Crippen LogP contribution is 2.34. The van der Waals surface area contributed by atoms with Gasteiger partial charge in [0.05, 0.1) is 27.8 Å². The smallest absolute Gasteiger partial charge is 0.123 e. The van der Waals surface area contributed by atoms with Gasteiger partial charge in [0.1, 0.15) is 5.82 Å². The van der Waals surface area contributed by atoms with Crippen molar-refractivity contribution >= 4 is 27.6 Å². The first kappa shape index (κ1) is 27.6. The van der Waals surface area contributed by atoms with E-state index >= 15 is 0 Å². The van der Waals surface area contributed by atoms with Gasteiger partial charge in [-0.15, -0.1) is 0 Å². The van der Waals surface area contributed by atoms with E-state index in [4.69, 9.17) is 21.3 Å². The molecule has 1 fully saturated rings. The quantitative estimate of drug-likeness (QED) is 0.250. The Balaban J connectivity index is 0.000000417. The summed E-state index contributed by atoms with van der Waals surface area (Å²) in [5.74, 6) is 6.43. The van der Waals surface area contributed by atoms with Crippen molar-refractivity contribution in [1.29, 1.82) is 0 Å². The molecule has 202 valence electrons. The molecule has 0 unspecified atom stereocenters. The predicted molar refractivity (Wildman–Crippen MR) is 151 cm³/mol. The van der Waals surface area contributed by atoms with Crippen LogP contribution in [0, 0.1) is 11.7 Å². The third-order valence-electron chi connectivity index (χ3n) is 6.92. The number of aliphatic hydroxyl groups is 1. The molecule has 38 heavy (non-hydrogen) atoms. The molecule has 0 radical (unpaired) electrons. The lowest BCUT2D eigenvalue weighted by molar-refractivity contribution is 0.0619. The summed E-state index contributed by atoms with van der Waals surface area (Å²) in [6.07, 6.45) is 3.93. The predicted octanol–water partition coefficient (Wildman–Crippen LogP) is 5.12. The average Bonchev–Trinajstić information content (AvgIpc) is 3.17. The van der Waals surface area contributed by atoms with E-state index in [9.17, 15) is 9.50 Å². The van der Waals surface area contributed by atoms with Crippen molar-refractivity contribution in [3.8, 4) is 0 Å². The largest absolute Gasteiger partial charge is 0.401 e. The molecular weight excluding hydrogens is 481 g/mol. The number of hydrogen-bond donors (Lipinski definition) is 3. The molecule has 1 aliphatic heterocycles. The Labute approximate surface area is 223 Å². The number of nitrogens with two attached hydrogens (primary N) is 2. The van der Waals surface area contributed by atoms with Gasteiger partial charge in [-0.3, -0.25) is 4.98 Å². The molecule has 2 aromatic heterocycles. The summed E-state index contributed by atoms with van der Waals surface area (Å²) < 4.78 is 19.8. The third-order valence-corrected chi connectivity index (χ3v) is 6.92. The van der Waals surface area contributed by atoms with Gasteiger partial charge in [-0.25, -0.2) is 10.2 Å². The molecule has 0 amide bonds. The SMILES string of the molecule is C/C(N)=C(\c1cnc2c3cc(C(C)(C)O)ccc3n(CC3CCOCC3)c2c1)N(C)N.Fc1ccccc1. The van der Waals surface area contributed by atoms with Crippen molar-refractivity contribution in [3.63, 3.8) is 0 Å². The summed E-state index contributed by atoms with van der Waals surface area (Å²) in [6.45, 7) is 7.97. The number of halogens is 1. The monoisotopic (exact) mass is 519 g/mol. The van der Waals surface area contributed by atoms with Gasteiger partial charge in [-0.2, -0.15) is 0 Å². The standard InChI is InChI=1S/C24H33N5O2.C6H5F/c1-15(25)23(28(4)26)17-11-21-22(27-13-17)19-12-18(24(2,3)30)5-6-20(19)29(21)14-16-7-9-31-10-8-16;7-6-4-2-1-3-5-6/h5-6,11-13,16,30H,7-10,14,25-26H2,1-4H3;1-5H/b23-15-;. The van der Waals surface area contributed by atoms with Crippen molar-refractivity contribution in [2.24, 2.45) is 17.5 Å². The highest BCUT2D eigenvalue weighted by atomic mass is 19.1. The highest BCUT2D eigenvalue weighted by molar-refractivity contribution is 6.06. The zero-order chi connectivity index (χ0) is 27.4. The summed E-state index contributed by atoms with van der Waals surface area (Å²) in [5.41, 5.74) is 11.5. The lowest BCUT2D eigenvalue weighted by Gasteiger charge is -2.24. The van der Waals surface area contributed by atoms with Crippen LogP contribution < -0.4 is 11.6 Å². The number of allylic oxidation sites excluding steroid dienone is 1. The zero-order valence-electron chi connectivity index (χ0n) is 22.6. The molecule has 0 spiro atoms. The lowest BCUT2D eigenvalue weighted by atomic mass is 9.97. The normalized spacial score (nSPS) is 15.2. The Hall–Kier alpha value is -3.46. The topological polar surface area (TPSA) is 103 Å². The van der Waals surface area contributed by atoms with Crippen LogP contribution in [0.4, 0.5) is 4.39 Å². The third kappa shape index (κ3) is 6.15. The van der Waals surface area contributed by atoms with Gasteiger partial charge in [0.25, 0.3) is 0 Å². The molecule has 1 aliphatic rings. The Bertz CT molecular complexity index is 1410. The molecule has 5 N–H and O–H groups in total. The maximum Gasteiger partial charge on any atom is 0.123 e. The van der Waals surface area contributed by atoms with Crippen LogP contribution in [0.2, 0.25) is 0 Å². The second kappa shape index (κ2) is 11.5.